The van der Waals surface area contributed by atoms with Gasteiger partial charge in [0.15, 0.2) is 0 Å². The zero-order valence-corrected chi connectivity index (χ0v) is 17.5. The van der Waals surface area contributed by atoms with Crippen molar-refractivity contribution in [3.05, 3.63) is 0 Å². The Bertz CT molecular complexity index is 256. The van der Waals surface area contributed by atoms with Crippen LogP contribution < -0.4 is 0 Å². The Morgan fingerprint density at radius 1 is 0.500 bits per heavy atom. The molecule has 0 aromatic heterocycles. The highest BCUT2D eigenvalue weighted by Gasteiger charge is 1.95. The van der Waals surface area contributed by atoms with Crippen molar-refractivity contribution in [1.29, 1.82) is 0 Å². The molecule has 0 spiro atoms. The van der Waals surface area contributed by atoms with Crippen molar-refractivity contribution in [2.75, 3.05) is 78.6 Å². The Morgan fingerprint density at radius 3 is 1.31 bits per heavy atom. The zero-order valence-electron chi connectivity index (χ0n) is 16.7. The minimum atomic E-state index is 0.250. The molecule has 0 N–H and O–H groups in total. The summed E-state index contributed by atoms with van der Waals surface area (Å²) >= 11 is 5.62. The molecular weight excluding hydrogens is 360 g/mol. The van der Waals surface area contributed by atoms with Gasteiger partial charge in [-0.1, -0.05) is 12.8 Å². The zero-order chi connectivity index (χ0) is 19.1. The fourth-order valence-corrected chi connectivity index (χ4v) is 2.17. The lowest BCUT2D eigenvalue weighted by Crippen LogP contribution is -2.14. The van der Waals surface area contributed by atoms with E-state index in [1.165, 1.54) is 12.8 Å². The quantitative estimate of drug-likeness (QED) is 0.206. The second-order valence-electron chi connectivity index (χ2n) is 6.08. The normalized spacial score (nSPS) is 11.5. The van der Waals surface area contributed by atoms with Crippen LogP contribution in [0.4, 0.5) is 0 Å². The Hall–Kier alpha value is 0.0500. The van der Waals surface area contributed by atoms with Crippen LogP contribution in [0.2, 0.25) is 0 Å². The van der Waals surface area contributed by atoms with E-state index in [1.807, 2.05) is 13.8 Å². The SMILES string of the molecule is CC(C)OCCOCCOCCOCCOCCOCCCCCCCl. The molecule has 0 aliphatic heterocycles. The topological polar surface area (TPSA) is 55.4 Å². The van der Waals surface area contributed by atoms with Crippen molar-refractivity contribution in [3.63, 3.8) is 0 Å². The van der Waals surface area contributed by atoms with Gasteiger partial charge >= 0.3 is 0 Å². The molecule has 0 atom stereocenters. The first-order valence-corrected chi connectivity index (χ1v) is 10.4. The molecule has 0 heterocycles. The molecule has 26 heavy (non-hydrogen) atoms. The lowest BCUT2D eigenvalue weighted by atomic mass is 10.2. The molecule has 0 aliphatic carbocycles. The van der Waals surface area contributed by atoms with Crippen molar-refractivity contribution in [2.45, 2.75) is 45.6 Å². The standard InChI is InChI=1S/C19H39ClO6/c1-19(2)26-18-17-25-16-15-24-14-13-23-12-11-22-10-9-21-8-6-4-3-5-7-20/h19H,3-18H2,1-2H3. The maximum absolute atomic E-state index is 5.62. The van der Waals surface area contributed by atoms with Crippen molar-refractivity contribution in [1.82, 2.24) is 0 Å². The van der Waals surface area contributed by atoms with E-state index in [9.17, 15) is 0 Å². The predicted octanol–water partition coefficient (Wildman–Crippen LogP) is 3.29. The molecule has 0 bridgehead atoms. The molecule has 0 saturated carbocycles. The first-order chi connectivity index (χ1) is 12.8. The summed E-state index contributed by atoms with van der Waals surface area (Å²) in [4.78, 5) is 0. The van der Waals surface area contributed by atoms with E-state index in [1.54, 1.807) is 0 Å². The molecule has 0 fully saturated rings. The van der Waals surface area contributed by atoms with Gasteiger partial charge in [0, 0.05) is 12.5 Å². The van der Waals surface area contributed by atoms with Gasteiger partial charge in [0.05, 0.1) is 72.2 Å². The van der Waals surface area contributed by atoms with Gasteiger partial charge in [-0.25, -0.2) is 0 Å². The van der Waals surface area contributed by atoms with E-state index in [0.717, 1.165) is 25.3 Å². The van der Waals surface area contributed by atoms with Crippen LogP contribution >= 0.6 is 11.6 Å². The van der Waals surface area contributed by atoms with E-state index in [4.69, 9.17) is 40.0 Å². The molecule has 7 heteroatoms. The Kier molecular flexibility index (Phi) is 23.1. The monoisotopic (exact) mass is 398 g/mol. The predicted molar refractivity (Wildman–Crippen MR) is 104 cm³/mol. The van der Waals surface area contributed by atoms with E-state index in [-0.39, 0.29) is 6.10 Å². The van der Waals surface area contributed by atoms with Crippen molar-refractivity contribution in [3.8, 4) is 0 Å². The minimum Gasteiger partial charge on any atom is -0.379 e. The molecule has 0 aliphatic rings. The fraction of sp³-hybridized carbons (Fsp3) is 1.00. The Labute approximate surface area is 164 Å². The van der Waals surface area contributed by atoms with Gasteiger partial charge in [-0.3, -0.25) is 0 Å². The average Bonchev–Trinajstić information content (AvgIpc) is 2.62. The van der Waals surface area contributed by atoms with Crippen LogP contribution in [0.3, 0.4) is 0 Å². The average molecular weight is 399 g/mol. The van der Waals surface area contributed by atoms with Crippen LogP contribution in [0.15, 0.2) is 0 Å². The summed E-state index contributed by atoms with van der Waals surface area (Å²) in [5.41, 5.74) is 0. The summed E-state index contributed by atoms with van der Waals surface area (Å²) in [6.07, 6.45) is 4.81. The molecule has 158 valence electrons. The molecule has 0 rings (SSSR count). The molecule has 0 aromatic carbocycles. The van der Waals surface area contributed by atoms with E-state index < -0.39 is 0 Å². The number of unbranched alkanes of at least 4 members (excludes halogenated alkanes) is 3. The molecule has 0 radical (unpaired) electrons. The van der Waals surface area contributed by atoms with Gasteiger partial charge in [0.25, 0.3) is 0 Å². The van der Waals surface area contributed by atoms with E-state index >= 15 is 0 Å². The number of hydrogen-bond acceptors (Lipinski definition) is 6. The van der Waals surface area contributed by atoms with E-state index in [2.05, 4.69) is 0 Å². The van der Waals surface area contributed by atoms with Crippen molar-refractivity contribution >= 4 is 11.6 Å². The summed E-state index contributed by atoms with van der Waals surface area (Å²) < 4.78 is 32.5. The third-order valence-electron chi connectivity index (χ3n) is 3.34. The molecule has 0 aromatic rings. The van der Waals surface area contributed by atoms with E-state index in [0.29, 0.717) is 66.1 Å². The summed E-state index contributed by atoms with van der Waals surface area (Å²) in [6.45, 7) is 10.7. The van der Waals surface area contributed by atoms with Gasteiger partial charge in [0.2, 0.25) is 0 Å². The first kappa shape index (κ1) is 26.1. The second kappa shape index (κ2) is 23.1. The lowest BCUT2D eigenvalue weighted by molar-refractivity contribution is -0.0213. The highest BCUT2D eigenvalue weighted by Crippen LogP contribution is 2.01. The smallest absolute Gasteiger partial charge is 0.0703 e. The second-order valence-corrected chi connectivity index (χ2v) is 6.46. The number of rotatable bonds is 22. The molecule has 0 amide bonds. The van der Waals surface area contributed by atoms with Crippen LogP contribution in [0.5, 0.6) is 0 Å². The Morgan fingerprint density at radius 2 is 0.885 bits per heavy atom. The van der Waals surface area contributed by atoms with Crippen molar-refractivity contribution in [2.24, 2.45) is 0 Å². The molecule has 0 saturated heterocycles. The third kappa shape index (κ3) is 24.1. The summed E-state index contributed by atoms with van der Waals surface area (Å²) in [6, 6.07) is 0. The summed E-state index contributed by atoms with van der Waals surface area (Å²) in [5, 5.41) is 0. The molecular formula is C19H39ClO6. The third-order valence-corrected chi connectivity index (χ3v) is 3.61. The van der Waals surface area contributed by atoms with Crippen LogP contribution in [-0.4, -0.2) is 84.7 Å². The highest BCUT2D eigenvalue weighted by molar-refractivity contribution is 6.17. The maximum atomic E-state index is 5.62. The van der Waals surface area contributed by atoms with Crippen LogP contribution in [0.1, 0.15) is 39.5 Å². The number of alkyl halides is 1. The Balaban J connectivity index is 2.97. The van der Waals surface area contributed by atoms with Gasteiger partial charge in [-0.05, 0) is 26.7 Å². The molecule has 6 nitrogen and oxygen atoms in total. The van der Waals surface area contributed by atoms with Gasteiger partial charge in [0.1, 0.15) is 0 Å². The van der Waals surface area contributed by atoms with Crippen molar-refractivity contribution < 1.29 is 28.4 Å². The van der Waals surface area contributed by atoms with Crippen LogP contribution in [0, 0.1) is 0 Å². The van der Waals surface area contributed by atoms with Gasteiger partial charge < -0.3 is 28.4 Å². The summed E-state index contributed by atoms with van der Waals surface area (Å²) in [5.74, 6) is 0.756. The van der Waals surface area contributed by atoms with Gasteiger partial charge in [-0.15, -0.1) is 11.6 Å². The van der Waals surface area contributed by atoms with Crippen LogP contribution in [0.25, 0.3) is 0 Å². The maximum Gasteiger partial charge on any atom is 0.0703 e. The number of hydrogen-bond donors (Lipinski definition) is 0. The number of halogens is 1. The largest absolute Gasteiger partial charge is 0.379 e. The minimum absolute atomic E-state index is 0.250. The lowest BCUT2D eigenvalue weighted by Gasteiger charge is -2.09. The first-order valence-electron chi connectivity index (χ1n) is 9.83. The van der Waals surface area contributed by atoms with Crippen LogP contribution in [-0.2, 0) is 28.4 Å². The fourth-order valence-electron chi connectivity index (χ4n) is 1.98. The highest BCUT2D eigenvalue weighted by atomic mass is 35.5. The van der Waals surface area contributed by atoms with Gasteiger partial charge in [-0.2, -0.15) is 0 Å². The number of ether oxygens (including phenoxy) is 6. The molecule has 0 unspecified atom stereocenters. The summed E-state index contributed by atoms with van der Waals surface area (Å²) in [7, 11) is 0.